The number of carbonyl (C=O) groups is 2. The van der Waals surface area contributed by atoms with Crippen LogP contribution in [0, 0.1) is 0 Å². The Bertz CT molecular complexity index is 1150. The van der Waals surface area contributed by atoms with Crippen LogP contribution in [0.2, 0.25) is 0 Å². The maximum atomic E-state index is 14.0. The molecule has 1 unspecified atom stereocenters. The Labute approximate surface area is 212 Å². The van der Waals surface area contributed by atoms with Gasteiger partial charge >= 0.3 is 0 Å². The van der Waals surface area contributed by atoms with Crippen molar-refractivity contribution >= 4 is 11.8 Å². The molecule has 36 heavy (non-hydrogen) atoms. The van der Waals surface area contributed by atoms with Gasteiger partial charge < -0.3 is 19.7 Å². The third-order valence-corrected chi connectivity index (χ3v) is 6.59. The number of rotatable bonds is 9. The highest BCUT2D eigenvalue weighted by Gasteiger charge is 2.36. The predicted octanol–water partition coefficient (Wildman–Crippen LogP) is 4.93. The summed E-state index contributed by atoms with van der Waals surface area (Å²) in [4.78, 5) is 33.8. The van der Waals surface area contributed by atoms with Crippen LogP contribution in [0.15, 0.2) is 72.9 Å². The molecule has 0 radical (unpaired) electrons. The molecule has 1 aliphatic carbocycles. The van der Waals surface area contributed by atoms with Crippen molar-refractivity contribution in [2.45, 2.75) is 50.7 Å². The smallest absolute Gasteiger partial charge is 0.273 e. The second-order valence-electron chi connectivity index (χ2n) is 8.99. The highest BCUT2D eigenvalue weighted by Crippen LogP contribution is 2.35. The molecular formula is C29H33N3O4. The van der Waals surface area contributed by atoms with Gasteiger partial charge in [0, 0.05) is 30.4 Å². The van der Waals surface area contributed by atoms with Crippen LogP contribution in [-0.2, 0) is 11.3 Å². The first-order chi connectivity index (χ1) is 17.6. The molecule has 1 N–H and O–H groups in total. The maximum absolute atomic E-state index is 14.0. The van der Waals surface area contributed by atoms with Gasteiger partial charge in [-0.3, -0.25) is 14.6 Å². The molecular weight excluding hydrogens is 454 g/mol. The number of aromatic nitrogens is 1. The normalized spacial score (nSPS) is 14.5. The Morgan fingerprint density at radius 2 is 1.72 bits per heavy atom. The summed E-state index contributed by atoms with van der Waals surface area (Å²) in [5.41, 5.74) is 1.77. The number of hydrogen-bond acceptors (Lipinski definition) is 5. The van der Waals surface area contributed by atoms with E-state index in [9.17, 15) is 9.59 Å². The predicted molar refractivity (Wildman–Crippen MR) is 138 cm³/mol. The molecule has 1 aliphatic rings. The number of pyridine rings is 1. The summed E-state index contributed by atoms with van der Waals surface area (Å²) in [7, 11) is 3.13. The van der Waals surface area contributed by atoms with Crippen molar-refractivity contribution in [2.75, 3.05) is 14.2 Å². The van der Waals surface area contributed by atoms with E-state index in [2.05, 4.69) is 10.3 Å². The lowest BCUT2D eigenvalue weighted by atomic mass is 9.94. The summed E-state index contributed by atoms with van der Waals surface area (Å²) in [5.74, 6) is 0.518. The quantitative estimate of drug-likeness (QED) is 0.463. The molecule has 1 aromatic heterocycles. The number of methoxy groups -OCH3 is 2. The van der Waals surface area contributed by atoms with Gasteiger partial charge in [-0.1, -0.05) is 55.7 Å². The summed E-state index contributed by atoms with van der Waals surface area (Å²) < 4.78 is 11.1. The van der Waals surface area contributed by atoms with Crippen molar-refractivity contribution in [2.24, 2.45) is 0 Å². The third kappa shape index (κ3) is 6.03. The monoisotopic (exact) mass is 487 g/mol. The summed E-state index contributed by atoms with van der Waals surface area (Å²) in [6.45, 7) is 0.230. The molecule has 7 heteroatoms. The zero-order valence-electron chi connectivity index (χ0n) is 20.9. The first kappa shape index (κ1) is 25.2. The molecule has 7 nitrogen and oxygen atoms in total. The highest BCUT2D eigenvalue weighted by atomic mass is 16.5. The fourth-order valence-corrected chi connectivity index (χ4v) is 4.72. The van der Waals surface area contributed by atoms with Gasteiger partial charge in [-0.05, 0) is 42.7 Å². The molecule has 0 bridgehead atoms. The SMILES string of the molecule is COc1ccc(C(C(=O)NC2CCCCC2)N(Cc2ccccc2)C(=O)c2ccccn2)c(OC)c1. The van der Waals surface area contributed by atoms with Gasteiger partial charge in [-0.15, -0.1) is 0 Å². The Hall–Kier alpha value is -3.87. The minimum atomic E-state index is -0.928. The van der Waals surface area contributed by atoms with Crippen LogP contribution in [0.3, 0.4) is 0 Å². The van der Waals surface area contributed by atoms with Gasteiger partial charge in [0.25, 0.3) is 5.91 Å². The van der Waals surface area contributed by atoms with Gasteiger partial charge in [-0.2, -0.15) is 0 Å². The molecule has 3 aromatic rings. The average Bonchev–Trinajstić information content (AvgIpc) is 2.94. The molecule has 1 atom stereocenters. The van der Waals surface area contributed by atoms with Crippen molar-refractivity contribution in [3.63, 3.8) is 0 Å². The molecule has 4 rings (SSSR count). The van der Waals surface area contributed by atoms with Gasteiger partial charge in [0.2, 0.25) is 5.91 Å². The Kier molecular flexibility index (Phi) is 8.55. The van der Waals surface area contributed by atoms with Crippen molar-refractivity contribution in [3.05, 3.63) is 89.7 Å². The Morgan fingerprint density at radius 3 is 2.39 bits per heavy atom. The van der Waals surface area contributed by atoms with Crippen molar-refractivity contribution in [1.29, 1.82) is 0 Å². The number of amides is 2. The lowest BCUT2D eigenvalue weighted by molar-refractivity contribution is -0.127. The molecule has 1 fully saturated rings. The van der Waals surface area contributed by atoms with E-state index in [4.69, 9.17) is 9.47 Å². The van der Waals surface area contributed by atoms with Crippen molar-refractivity contribution < 1.29 is 19.1 Å². The zero-order valence-corrected chi connectivity index (χ0v) is 20.9. The van der Waals surface area contributed by atoms with E-state index < -0.39 is 6.04 Å². The van der Waals surface area contributed by atoms with Crippen LogP contribution in [0.25, 0.3) is 0 Å². The van der Waals surface area contributed by atoms with E-state index in [0.29, 0.717) is 17.1 Å². The topological polar surface area (TPSA) is 80.8 Å². The molecule has 0 aliphatic heterocycles. The molecule has 1 saturated carbocycles. The minimum Gasteiger partial charge on any atom is -0.497 e. The number of nitrogens with one attached hydrogen (secondary N) is 1. The summed E-state index contributed by atoms with van der Waals surface area (Å²) in [5, 5.41) is 3.23. The maximum Gasteiger partial charge on any atom is 0.273 e. The molecule has 2 amide bonds. The van der Waals surface area contributed by atoms with Crippen LogP contribution >= 0.6 is 0 Å². The lowest BCUT2D eigenvalue weighted by Crippen LogP contribution is -2.47. The van der Waals surface area contributed by atoms with E-state index >= 15 is 0 Å². The van der Waals surface area contributed by atoms with E-state index in [1.807, 2.05) is 30.3 Å². The number of carbonyl (C=O) groups excluding carboxylic acids is 2. The first-order valence-corrected chi connectivity index (χ1v) is 12.4. The van der Waals surface area contributed by atoms with Gasteiger partial charge in [0.15, 0.2) is 0 Å². The highest BCUT2D eigenvalue weighted by molar-refractivity contribution is 5.97. The largest absolute Gasteiger partial charge is 0.497 e. The van der Waals surface area contributed by atoms with Crippen molar-refractivity contribution in [1.82, 2.24) is 15.2 Å². The number of ether oxygens (including phenoxy) is 2. The zero-order chi connectivity index (χ0) is 25.3. The molecule has 2 aromatic carbocycles. The van der Waals surface area contributed by atoms with E-state index in [1.54, 1.807) is 61.7 Å². The van der Waals surface area contributed by atoms with Crippen molar-refractivity contribution in [3.8, 4) is 11.5 Å². The summed E-state index contributed by atoms with van der Waals surface area (Å²) in [6, 6.07) is 19.3. The standard InChI is InChI=1S/C29H33N3O4/c1-35-23-16-17-24(26(19-23)36-2)27(28(33)31-22-13-7-4-8-14-22)32(20-21-11-5-3-6-12-21)29(34)25-15-9-10-18-30-25/h3,5-6,9-12,15-19,22,27H,4,7-8,13-14,20H2,1-2H3,(H,31,33). The van der Waals surface area contributed by atoms with E-state index in [-0.39, 0.29) is 30.1 Å². The van der Waals surface area contributed by atoms with E-state index in [1.165, 1.54) is 6.42 Å². The number of benzene rings is 2. The summed E-state index contributed by atoms with van der Waals surface area (Å²) >= 11 is 0. The average molecular weight is 488 g/mol. The molecule has 0 spiro atoms. The number of hydrogen-bond donors (Lipinski definition) is 1. The van der Waals surface area contributed by atoms with Crippen LogP contribution in [0.4, 0.5) is 0 Å². The first-order valence-electron chi connectivity index (χ1n) is 12.4. The number of nitrogens with zero attached hydrogens (tertiary/aromatic N) is 2. The third-order valence-electron chi connectivity index (χ3n) is 6.59. The molecule has 0 saturated heterocycles. The van der Waals surface area contributed by atoms with Crippen LogP contribution in [0.1, 0.15) is 59.8 Å². The second kappa shape index (κ2) is 12.2. The lowest BCUT2D eigenvalue weighted by Gasteiger charge is -2.34. The van der Waals surface area contributed by atoms with Gasteiger partial charge in [-0.25, -0.2) is 0 Å². The van der Waals surface area contributed by atoms with Gasteiger partial charge in [0.1, 0.15) is 23.2 Å². The Morgan fingerprint density at radius 1 is 0.972 bits per heavy atom. The van der Waals surface area contributed by atoms with E-state index in [0.717, 1.165) is 31.2 Å². The molecule has 1 heterocycles. The van der Waals surface area contributed by atoms with Crippen LogP contribution < -0.4 is 14.8 Å². The van der Waals surface area contributed by atoms with Crippen LogP contribution in [-0.4, -0.2) is 42.0 Å². The fourth-order valence-electron chi connectivity index (χ4n) is 4.72. The summed E-state index contributed by atoms with van der Waals surface area (Å²) in [6.07, 6.45) is 6.81. The van der Waals surface area contributed by atoms with Gasteiger partial charge in [0.05, 0.1) is 14.2 Å². The minimum absolute atomic E-state index is 0.0847. The second-order valence-corrected chi connectivity index (χ2v) is 8.99. The molecule has 188 valence electrons. The fraction of sp³-hybridized carbons (Fsp3) is 0.345. The Balaban J connectivity index is 1.80. The van der Waals surface area contributed by atoms with Crippen LogP contribution in [0.5, 0.6) is 11.5 Å².